The molecule has 0 aliphatic rings. The fourth-order valence-corrected chi connectivity index (χ4v) is 1.70. The maximum absolute atomic E-state index is 11.6. The Morgan fingerprint density at radius 1 is 1.44 bits per heavy atom. The van der Waals surface area contributed by atoms with Crippen molar-refractivity contribution >= 4 is 28.7 Å². The van der Waals surface area contributed by atoms with Crippen molar-refractivity contribution in [3.8, 4) is 5.75 Å². The SMILES string of the molecule is CC(NC(=O)OC(C)(C)C)c1ccc(I)c(O)c1. The average Bonchev–Trinajstić information content (AvgIpc) is 2.18. The minimum Gasteiger partial charge on any atom is -0.507 e. The van der Waals surface area contributed by atoms with Crippen LogP contribution in [0.1, 0.15) is 39.3 Å². The summed E-state index contributed by atoms with van der Waals surface area (Å²) in [6, 6.07) is 5.09. The van der Waals surface area contributed by atoms with Gasteiger partial charge in [-0.2, -0.15) is 0 Å². The molecule has 0 saturated carbocycles. The number of amides is 1. The van der Waals surface area contributed by atoms with Gasteiger partial charge in [-0.3, -0.25) is 0 Å². The van der Waals surface area contributed by atoms with E-state index in [9.17, 15) is 9.90 Å². The minimum absolute atomic E-state index is 0.214. The summed E-state index contributed by atoms with van der Waals surface area (Å²) in [6.45, 7) is 7.28. The van der Waals surface area contributed by atoms with E-state index in [-0.39, 0.29) is 11.8 Å². The largest absolute Gasteiger partial charge is 0.507 e. The molecule has 18 heavy (non-hydrogen) atoms. The van der Waals surface area contributed by atoms with E-state index in [0.717, 1.165) is 9.13 Å². The summed E-state index contributed by atoms with van der Waals surface area (Å²) < 4.78 is 5.95. The second-order valence-electron chi connectivity index (χ2n) is 5.08. The van der Waals surface area contributed by atoms with Gasteiger partial charge >= 0.3 is 6.09 Å². The number of hydrogen-bond acceptors (Lipinski definition) is 3. The van der Waals surface area contributed by atoms with Gasteiger partial charge in [-0.1, -0.05) is 6.07 Å². The Labute approximate surface area is 121 Å². The second-order valence-corrected chi connectivity index (χ2v) is 6.24. The smallest absolute Gasteiger partial charge is 0.408 e. The first-order chi connectivity index (χ1) is 8.19. The van der Waals surface area contributed by atoms with Crippen molar-refractivity contribution in [2.45, 2.75) is 39.3 Å². The van der Waals surface area contributed by atoms with E-state index >= 15 is 0 Å². The lowest BCUT2D eigenvalue weighted by Gasteiger charge is -2.22. The minimum atomic E-state index is -0.516. The van der Waals surface area contributed by atoms with Gasteiger partial charge in [-0.25, -0.2) is 4.79 Å². The number of hydrogen-bond donors (Lipinski definition) is 2. The normalized spacial score (nSPS) is 12.9. The molecule has 0 saturated heterocycles. The van der Waals surface area contributed by atoms with Gasteiger partial charge in [0.1, 0.15) is 11.4 Å². The molecule has 1 atom stereocenters. The highest BCUT2D eigenvalue weighted by Gasteiger charge is 2.18. The fourth-order valence-electron chi connectivity index (χ4n) is 1.37. The zero-order chi connectivity index (χ0) is 13.9. The van der Waals surface area contributed by atoms with Gasteiger partial charge in [0.2, 0.25) is 0 Å². The molecule has 0 aromatic heterocycles. The van der Waals surface area contributed by atoms with E-state index in [2.05, 4.69) is 5.32 Å². The maximum Gasteiger partial charge on any atom is 0.408 e. The molecular weight excluding hydrogens is 345 g/mol. The Morgan fingerprint density at radius 3 is 2.56 bits per heavy atom. The lowest BCUT2D eigenvalue weighted by Crippen LogP contribution is -2.34. The third-order valence-corrected chi connectivity index (χ3v) is 3.12. The van der Waals surface area contributed by atoms with Crippen molar-refractivity contribution in [2.75, 3.05) is 0 Å². The molecule has 0 aliphatic heterocycles. The summed E-state index contributed by atoms with van der Waals surface area (Å²) in [5, 5.41) is 12.3. The Kier molecular flexibility index (Phi) is 4.84. The standard InChI is InChI=1S/C13H18INO3/c1-8(15-12(17)18-13(2,3)4)9-5-6-10(14)11(16)7-9/h5-8,16H,1-4H3,(H,15,17). The van der Waals surface area contributed by atoms with Crippen molar-refractivity contribution in [2.24, 2.45) is 0 Å². The zero-order valence-electron chi connectivity index (χ0n) is 11.0. The first kappa shape index (κ1) is 15.1. The average molecular weight is 363 g/mol. The van der Waals surface area contributed by atoms with Crippen LogP contribution in [-0.4, -0.2) is 16.8 Å². The van der Waals surface area contributed by atoms with Crippen LogP contribution in [0.15, 0.2) is 18.2 Å². The van der Waals surface area contributed by atoms with Gasteiger partial charge < -0.3 is 15.2 Å². The van der Waals surface area contributed by atoms with Crippen LogP contribution in [0.2, 0.25) is 0 Å². The summed E-state index contributed by atoms with van der Waals surface area (Å²) in [5.41, 5.74) is 0.316. The third kappa shape index (κ3) is 4.72. The first-order valence-electron chi connectivity index (χ1n) is 5.67. The number of ether oxygens (including phenoxy) is 1. The lowest BCUT2D eigenvalue weighted by molar-refractivity contribution is 0.0508. The van der Waals surface area contributed by atoms with Gasteiger partial charge in [-0.05, 0) is 68.0 Å². The molecule has 1 unspecified atom stereocenters. The van der Waals surface area contributed by atoms with E-state index in [1.54, 1.807) is 12.1 Å². The summed E-state index contributed by atoms with van der Waals surface area (Å²) in [4.78, 5) is 11.6. The number of benzene rings is 1. The second kappa shape index (κ2) is 5.77. The van der Waals surface area contributed by atoms with Gasteiger partial charge in [-0.15, -0.1) is 0 Å². The zero-order valence-corrected chi connectivity index (χ0v) is 13.1. The number of rotatable bonds is 2. The number of phenolic OH excluding ortho intramolecular Hbond substituents is 1. The highest BCUT2D eigenvalue weighted by molar-refractivity contribution is 14.1. The summed E-state index contributed by atoms with van der Waals surface area (Å²) in [7, 11) is 0. The predicted octanol–water partition coefficient (Wildman–Crippen LogP) is 3.58. The van der Waals surface area contributed by atoms with Gasteiger partial charge in [0.25, 0.3) is 0 Å². The van der Waals surface area contributed by atoms with Crippen LogP contribution in [0.5, 0.6) is 5.75 Å². The molecular formula is C13H18INO3. The molecule has 0 radical (unpaired) electrons. The van der Waals surface area contributed by atoms with Gasteiger partial charge in [0.05, 0.1) is 9.61 Å². The number of halogens is 1. The maximum atomic E-state index is 11.6. The van der Waals surface area contributed by atoms with E-state index in [1.165, 1.54) is 0 Å². The third-order valence-electron chi connectivity index (χ3n) is 2.20. The van der Waals surface area contributed by atoms with Crippen LogP contribution in [0.3, 0.4) is 0 Å². The van der Waals surface area contributed by atoms with Crippen LogP contribution < -0.4 is 5.32 Å². The van der Waals surface area contributed by atoms with Crippen molar-refractivity contribution in [3.63, 3.8) is 0 Å². The predicted molar refractivity (Wildman–Crippen MR) is 78.6 cm³/mol. The first-order valence-corrected chi connectivity index (χ1v) is 6.75. The van der Waals surface area contributed by atoms with Crippen molar-refractivity contribution in [3.05, 3.63) is 27.3 Å². The summed E-state index contributed by atoms with van der Waals surface area (Å²) >= 11 is 2.05. The van der Waals surface area contributed by atoms with Crippen LogP contribution in [0.4, 0.5) is 4.79 Å². The Morgan fingerprint density at radius 2 is 2.06 bits per heavy atom. The number of phenols is 1. The molecule has 0 fully saturated rings. The molecule has 1 aromatic rings. The number of carbonyl (C=O) groups excluding carboxylic acids is 1. The molecule has 1 aromatic carbocycles. The van der Waals surface area contributed by atoms with Crippen LogP contribution >= 0.6 is 22.6 Å². The van der Waals surface area contributed by atoms with Gasteiger partial charge in [0, 0.05) is 0 Å². The molecule has 0 heterocycles. The van der Waals surface area contributed by atoms with Crippen molar-refractivity contribution < 1.29 is 14.6 Å². The number of aromatic hydroxyl groups is 1. The quantitative estimate of drug-likeness (QED) is 0.790. The Balaban J connectivity index is 2.68. The molecule has 5 heteroatoms. The molecule has 4 nitrogen and oxygen atoms in total. The van der Waals surface area contributed by atoms with Crippen molar-refractivity contribution in [1.29, 1.82) is 0 Å². The van der Waals surface area contributed by atoms with Crippen LogP contribution in [0.25, 0.3) is 0 Å². The summed E-state index contributed by atoms with van der Waals surface area (Å²) in [5.74, 6) is 0.214. The molecule has 1 amide bonds. The molecule has 0 bridgehead atoms. The number of carbonyl (C=O) groups is 1. The number of alkyl carbamates (subject to hydrolysis) is 1. The van der Waals surface area contributed by atoms with E-state index in [0.29, 0.717) is 0 Å². The highest BCUT2D eigenvalue weighted by Crippen LogP contribution is 2.24. The lowest BCUT2D eigenvalue weighted by atomic mass is 10.1. The summed E-state index contributed by atoms with van der Waals surface area (Å²) in [6.07, 6.45) is -0.465. The van der Waals surface area contributed by atoms with E-state index in [4.69, 9.17) is 4.74 Å². The molecule has 0 aliphatic carbocycles. The molecule has 1 rings (SSSR count). The van der Waals surface area contributed by atoms with Crippen molar-refractivity contribution in [1.82, 2.24) is 5.32 Å². The van der Waals surface area contributed by atoms with E-state index in [1.807, 2.05) is 56.4 Å². The topological polar surface area (TPSA) is 58.6 Å². The van der Waals surface area contributed by atoms with E-state index < -0.39 is 11.7 Å². The molecule has 0 spiro atoms. The van der Waals surface area contributed by atoms with Crippen LogP contribution in [-0.2, 0) is 4.74 Å². The van der Waals surface area contributed by atoms with Gasteiger partial charge in [0.15, 0.2) is 0 Å². The van der Waals surface area contributed by atoms with Crippen LogP contribution in [0, 0.1) is 3.57 Å². The Hall–Kier alpha value is -0.980. The number of nitrogens with one attached hydrogen (secondary N) is 1. The molecule has 100 valence electrons. The monoisotopic (exact) mass is 363 g/mol. The Bertz CT molecular complexity index is 440. The fraction of sp³-hybridized carbons (Fsp3) is 0.462. The molecule has 2 N–H and O–H groups in total. The highest BCUT2D eigenvalue weighted by atomic mass is 127.